The number of pyridine rings is 1. The first-order chi connectivity index (χ1) is 15.5. The van der Waals surface area contributed by atoms with Gasteiger partial charge in [-0.15, -0.1) is 0 Å². The van der Waals surface area contributed by atoms with E-state index in [0.717, 1.165) is 16.6 Å². The lowest BCUT2D eigenvalue weighted by atomic mass is 10.1. The molecule has 0 aliphatic heterocycles. The molecule has 0 saturated heterocycles. The Bertz CT molecular complexity index is 1330. The molecule has 0 aliphatic rings. The molecular weight excluding hydrogens is 407 g/mol. The number of nitriles is 1. The van der Waals surface area contributed by atoms with E-state index in [4.69, 9.17) is 9.47 Å². The van der Waals surface area contributed by atoms with Crippen LogP contribution in [-0.4, -0.2) is 26.2 Å². The number of ether oxygens (including phenoxy) is 2. The molecule has 0 aliphatic carbocycles. The minimum Gasteiger partial charge on any atom is -0.493 e. The molecule has 3 aromatic carbocycles. The number of nitrogens with one attached hydrogen (secondary N) is 1. The van der Waals surface area contributed by atoms with E-state index in [1.54, 1.807) is 36.5 Å². The summed E-state index contributed by atoms with van der Waals surface area (Å²) in [6, 6.07) is 19.3. The Morgan fingerprint density at radius 1 is 1.03 bits per heavy atom. The molecule has 4 rings (SSSR count). The minimum atomic E-state index is -0.384. The molecule has 0 spiro atoms. The fourth-order valence-corrected chi connectivity index (χ4v) is 3.31. The van der Waals surface area contributed by atoms with Gasteiger partial charge in [-0.2, -0.15) is 5.26 Å². The molecule has 1 N–H and O–H groups in total. The summed E-state index contributed by atoms with van der Waals surface area (Å²) in [6.45, 7) is 0. The van der Waals surface area contributed by atoms with Crippen molar-refractivity contribution in [2.75, 3.05) is 31.4 Å². The second-order valence-electron chi connectivity index (χ2n) is 7.30. The first kappa shape index (κ1) is 20.9. The fourth-order valence-electron chi connectivity index (χ4n) is 3.31. The topological polar surface area (TPSA) is 70.4 Å². The lowest BCUT2D eigenvalue weighted by Gasteiger charge is -2.17. The van der Waals surface area contributed by atoms with Crippen LogP contribution in [0.3, 0.4) is 0 Å². The third-order valence-corrected chi connectivity index (χ3v) is 4.95. The summed E-state index contributed by atoms with van der Waals surface area (Å²) < 4.78 is 24.7. The van der Waals surface area contributed by atoms with Crippen molar-refractivity contribution < 1.29 is 13.9 Å². The first-order valence-corrected chi connectivity index (χ1v) is 9.87. The van der Waals surface area contributed by atoms with Crippen molar-refractivity contribution in [2.24, 2.45) is 0 Å². The van der Waals surface area contributed by atoms with Gasteiger partial charge in [0.25, 0.3) is 0 Å². The minimum absolute atomic E-state index is 0.368. The normalized spacial score (nSPS) is 10.5. The van der Waals surface area contributed by atoms with Crippen molar-refractivity contribution >= 4 is 28.0 Å². The highest BCUT2D eigenvalue weighted by atomic mass is 19.1. The zero-order valence-electron chi connectivity index (χ0n) is 17.9. The number of rotatable bonds is 6. The molecule has 1 heterocycles. The number of methoxy groups -OCH3 is 1. The van der Waals surface area contributed by atoms with E-state index in [1.165, 1.54) is 19.2 Å². The number of aromatic nitrogens is 1. The summed E-state index contributed by atoms with van der Waals surface area (Å²) >= 11 is 0. The van der Waals surface area contributed by atoms with Gasteiger partial charge < -0.3 is 19.7 Å². The lowest BCUT2D eigenvalue weighted by Crippen LogP contribution is -2.08. The van der Waals surface area contributed by atoms with Gasteiger partial charge in [-0.05, 0) is 42.5 Å². The predicted octanol–water partition coefficient (Wildman–Crippen LogP) is 5.86. The van der Waals surface area contributed by atoms with Crippen LogP contribution in [0.15, 0.2) is 66.9 Å². The predicted molar refractivity (Wildman–Crippen MR) is 124 cm³/mol. The maximum absolute atomic E-state index is 13.5. The molecule has 0 amide bonds. The second kappa shape index (κ2) is 8.82. The van der Waals surface area contributed by atoms with Crippen LogP contribution in [0, 0.1) is 17.1 Å². The number of hydrogen-bond acceptors (Lipinski definition) is 6. The molecule has 32 heavy (non-hydrogen) atoms. The van der Waals surface area contributed by atoms with Crippen LogP contribution in [0.2, 0.25) is 0 Å². The standard InChI is InChI=1S/C25H21FN4O2/c1-30(2)19-8-9-22-21(13-19)25(16(14-27)15-28-22)29-18-7-10-23(24(12-18)31-3)32-20-6-4-5-17(26)11-20/h4-13,15H,1-3H3,(H,28,29). The molecule has 0 saturated carbocycles. The quantitative estimate of drug-likeness (QED) is 0.415. The Hall–Kier alpha value is -4.31. The third-order valence-electron chi connectivity index (χ3n) is 4.95. The van der Waals surface area contributed by atoms with Crippen LogP contribution in [0.4, 0.5) is 21.5 Å². The van der Waals surface area contributed by atoms with E-state index in [-0.39, 0.29) is 5.82 Å². The average Bonchev–Trinajstić information content (AvgIpc) is 2.79. The largest absolute Gasteiger partial charge is 0.493 e. The highest BCUT2D eigenvalue weighted by Crippen LogP contribution is 2.37. The lowest BCUT2D eigenvalue weighted by molar-refractivity contribution is 0.378. The van der Waals surface area contributed by atoms with Crippen LogP contribution in [0.25, 0.3) is 10.9 Å². The van der Waals surface area contributed by atoms with Crippen LogP contribution in [-0.2, 0) is 0 Å². The zero-order chi connectivity index (χ0) is 22.7. The van der Waals surface area contributed by atoms with E-state index in [9.17, 15) is 9.65 Å². The molecule has 4 aromatic rings. The van der Waals surface area contributed by atoms with Crippen molar-refractivity contribution in [2.45, 2.75) is 0 Å². The van der Waals surface area contributed by atoms with E-state index < -0.39 is 0 Å². The molecule has 0 unspecified atom stereocenters. The van der Waals surface area contributed by atoms with E-state index in [0.29, 0.717) is 34.2 Å². The average molecular weight is 428 g/mol. The van der Waals surface area contributed by atoms with Crippen LogP contribution in [0.1, 0.15) is 5.56 Å². The second-order valence-corrected chi connectivity index (χ2v) is 7.30. The van der Waals surface area contributed by atoms with Crippen LogP contribution in [0.5, 0.6) is 17.2 Å². The number of fused-ring (bicyclic) bond motifs is 1. The highest BCUT2D eigenvalue weighted by Gasteiger charge is 2.13. The van der Waals surface area contributed by atoms with Gasteiger partial charge >= 0.3 is 0 Å². The number of benzene rings is 3. The number of halogens is 1. The third kappa shape index (κ3) is 4.25. The molecule has 7 heteroatoms. The van der Waals surface area contributed by atoms with Crippen molar-refractivity contribution in [3.05, 3.63) is 78.2 Å². The van der Waals surface area contributed by atoms with Gasteiger partial charge in [0.1, 0.15) is 17.6 Å². The van der Waals surface area contributed by atoms with Crippen molar-refractivity contribution in [1.82, 2.24) is 4.98 Å². The smallest absolute Gasteiger partial charge is 0.169 e. The number of anilines is 3. The highest BCUT2D eigenvalue weighted by molar-refractivity contribution is 5.97. The Labute approximate surface area is 185 Å². The molecule has 6 nitrogen and oxygen atoms in total. The number of hydrogen-bond donors (Lipinski definition) is 1. The Morgan fingerprint density at radius 2 is 1.88 bits per heavy atom. The zero-order valence-corrected chi connectivity index (χ0v) is 17.9. The summed E-state index contributed by atoms with van der Waals surface area (Å²) in [5.41, 5.74) is 3.55. The summed E-state index contributed by atoms with van der Waals surface area (Å²) in [6.07, 6.45) is 1.55. The van der Waals surface area contributed by atoms with Crippen molar-refractivity contribution in [3.63, 3.8) is 0 Å². The molecule has 0 fully saturated rings. The van der Waals surface area contributed by atoms with E-state index in [2.05, 4.69) is 16.4 Å². The molecular formula is C25H21FN4O2. The van der Waals surface area contributed by atoms with Crippen LogP contribution < -0.4 is 19.7 Å². The Morgan fingerprint density at radius 3 is 2.59 bits per heavy atom. The van der Waals surface area contributed by atoms with Gasteiger partial charge in [0, 0.05) is 49.2 Å². The van der Waals surface area contributed by atoms with Gasteiger partial charge in [0.05, 0.1) is 23.9 Å². The Kier molecular flexibility index (Phi) is 5.77. The molecule has 1 aromatic heterocycles. The molecule has 160 valence electrons. The van der Waals surface area contributed by atoms with Gasteiger partial charge in [0.15, 0.2) is 11.5 Å². The van der Waals surface area contributed by atoms with E-state index in [1.807, 2.05) is 37.2 Å². The maximum atomic E-state index is 13.5. The fraction of sp³-hybridized carbons (Fsp3) is 0.120. The molecule has 0 atom stereocenters. The van der Waals surface area contributed by atoms with Gasteiger partial charge in [-0.1, -0.05) is 6.07 Å². The monoisotopic (exact) mass is 428 g/mol. The number of nitrogens with zero attached hydrogens (tertiary/aromatic N) is 3. The molecule has 0 radical (unpaired) electrons. The molecule has 0 bridgehead atoms. The van der Waals surface area contributed by atoms with E-state index >= 15 is 0 Å². The van der Waals surface area contributed by atoms with Gasteiger partial charge in [-0.3, -0.25) is 4.98 Å². The summed E-state index contributed by atoms with van der Waals surface area (Å²) in [5.74, 6) is 0.890. The van der Waals surface area contributed by atoms with Crippen molar-refractivity contribution in [3.8, 4) is 23.3 Å². The summed E-state index contributed by atoms with van der Waals surface area (Å²) in [7, 11) is 5.44. The van der Waals surface area contributed by atoms with Gasteiger partial charge in [-0.25, -0.2) is 4.39 Å². The Balaban J connectivity index is 1.72. The maximum Gasteiger partial charge on any atom is 0.169 e. The summed E-state index contributed by atoms with van der Waals surface area (Å²) in [4.78, 5) is 6.39. The van der Waals surface area contributed by atoms with Crippen LogP contribution >= 0.6 is 0 Å². The first-order valence-electron chi connectivity index (χ1n) is 9.87. The SMILES string of the molecule is COc1cc(Nc2c(C#N)cnc3ccc(N(C)C)cc23)ccc1Oc1cccc(F)c1. The summed E-state index contributed by atoms with van der Waals surface area (Å²) in [5, 5.41) is 13.8. The van der Waals surface area contributed by atoms with Gasteiger partial charge in [0.2, 0.25) is 0 Å². The van der Waals surface area contributed by atoms with Crippen molar-refractivity contribution in [1.29, 1.82) is 5.26 Å².